The van der Waals surface area contributed by atoms with Crippen LogP contribution in [-0.2, 0) is 4.79 Å². The van der Waals surface area contributed by atoms with Gasteiger partial charge in [0.15, 0.2) is 0 Å². The Labute approximate surface area is 82.3 Å². The first kappa shape index (κ1) is 8.74. The number of carbonyl (C=O) groups is 1. The quantitative estimate of drug-likeness (QED) is 0.668. The maximum absolute atomic E-state index is 11.5. The Bertz CT molecular complexity index is 410. The number of anilines is 1. The summed E-state index contributed by atoms with van der Waals surface area (Å²) in [5.41, 5.74) is 2.36. The maximum atomic E-state index is 11.5. The molecule has 0 aromatic carbocycles. The number of aromatic nitrogens is 1. The Hall–Kier alpha value is -1.84. The van der Waals surface area contributed by atoms with Crippen molar-refractivity contribution in [2.24, 2.45) is 0 Å². The summed E-state index contributed by atoms with van der Waals surface area (Å²) in [6.45, 7) is 0. The number of fused-ring (bicyclic) bond motifs is 1. The highest BCUT2D eigenvalue weighted by atomic mass is 16.2. The van der Waals surface area contributed by atoms with Crippen molar-refractivity contribution in [2.75, 3.05) is 19.4 Å². The molecule has 4 nitrogen and oxygen atoms in total. The minimum absolute atomic E-state index is 0.0679. The minimum atomic E-state index is -0.0679. The second-order valence-electron chi connectivity index (χ2n) is 3.38. The van der Waals surface area contributed by atoms with Crippen LogP contribution in [-0.4, -0.2) is 29.9 Å². The Morgan fingerprint density at radius 3 is 3.00 bits per heavy atom. The zero-order chi connectivity index (χ0) is 10.1. The number of amides is 1. The minimum Gasteiger partial charge on any atom is -0.383 e. The van der Waals surface area contributed by atoms with Gasteiger partial charge in [-0.2, -0.15) is 0 Å². The molecule has 0 spiro atoms. The summed E-state index contributed by atoms with van der Waals surface area (Å²) in [4.78, 5) is 17.4. The fraction of sp³-hybridized carbons (Fsp3) is 0.200. The lowest BCUT2D eigenvalue weighted by atomic mass is 10.1. The summed E-state index contributed by atoms with van der Waals surface area (Å²) in [6.07, 6.45) is 5.16. The SMILES string of the molecule is CN(C)/C=C1/C(=O)Nc2ccncc21. The molecule has 1 aromatic heterocycles. The van der Waals surface area contributed by atoms with Crippen molar-refractivity contribution in [1.82, 2.24) is 9.88 Å². The lowest BCUT2D eigenvalue weighted by Gasteiger charge is -2.05. The summed E-state index contributed by atoms with van der Waals surface area (Å²) in [7, 11) is 3.77. The van der Waals surface area contributed by atoms with Crippen LogP contribution in [0.5, 0.6) is 0 Å². The van der Waals surface area contributed by atoms with Crippen molar-refractivity contribution in [3.8, 4) is 0 Å². The van der Waals surface area contributed by atoms with Gasteiger partial charge in [0.2, 0.25) is 0 Å². The van der Waals surface area contributed by atoms with E-state index in [-0.39, 0.29) is 5.91 Å². The van der Waals surface area contributed by atoms with Gasteiger partial charge in [-0.25, -0.2) is 0 Å². The first-order valence-corrected chi connectivity index (χ1v) is 4.32. The van der Waals surface area contributed by atoms with Crippen molar-refractivity contribution in [3.05, 3.63) is 30.2 Å². The van der Waals surface area contributed by atoms with E-state index in [9.17, 15) is 4.79 Å². The van der Waals surface area contributed by atoms with Crippen molar-refractivity contribution in [1.29, 1.82) is 0 Å². The standard InChI is InChI=1S/C10H11N3O/c1-13(2)6-8-7-5-11-4-3-9(7)12-10(8)14/h3-6H,1-2H3,(H,12,14)/b8-6+. The predicted octanol–water partition coefficient (Wildman–Crippen LogP) is 0.936. The molecule has 0 saturated carbocycles. The van der Waals surface area contributed by atoms with Crippen LogP contribution in [0.25, 0.3) is 5.57 Å². The average molecular weight is 189 g/mol. The van der Waals surface area contributed by atoms with E-state index < -0.39 is 0 Å². The highest BCUT2D eigenvalue weighted by Gasteiger charge is 2.23. The van der Waals surface area contributed by atoms with Crippen LogP contribution in [0.2, 0.25) is 0 Å². The van der Waals surface area contributed by atoms with Gasteiger partial charge in [-0.05, 0) is 6.07 Å². The third kappa shape index (κ3) is 1.35. The molecule has 2 rings (SSSR count). The molecule has 0 fully saturated rings. The fourth-order valence-electron chi connectivity index (χ4n) is 1.42. The smallest absolute Gasteiger partial charge is 0.257 e. The van der Waals surface area contributed by atoms with E-state index in [1.54, 1.807) is 24.7 Å². The van der Waals surface area contributed by atoms with Gasteiger partial charge in [0.25, 0.3) is 5.91 Å². The highest BCUT2D eigenvalue weighted by Crippen LogP contribution is 2.30. The fourth-order valence-corrected chi connectivity index (χ4v) is 1.42. The number of nitrogens with one attached hydrogen (secondary N) is 1. The molecule has 0 bridgehead atoms. The zero-order valence-corrected chi connectivity index (χ0v) is 8.11. The Kier molecular flexibility index (Phi) is 1.96. The highest BCUT2D eigenvalue weighted by molar-refractivity contribution is 6.31. The molecule has 0 aliphatic carbocycles. The first-order valence-electron chi connectivity index (χ1n) is 4.32. The second-order valence-corrected chi connectivity index (χ2v) is 3.38. The van der Waals surface area contributed by atoms with E-state index in [1.165, 1.54) is 0 Å². The van der Waals surface area contributed by atoms with E-state index >= 15 is 0 Å². The van der Waals surface area contributed by atoms with Gasteiger partial charge < -0.3 is 10.2 Å². The second kappa shape index (κ2) is 3.14. The third-order valence-corrected chi connectivity index (χ3v) is 1.99. The molecule has 0 saturated heterocycles. The molecule has 1 aliphatic heterocycles. The zero-order valence-electron chi connectivity index (χ0n) is 8.11. The van der Waals surface area contributed by atoms with Crippen LogP contribution in [0.15, 0.2) is 24.7 Å². The molecule has 4 heteroatoms. The number of nitrogens with zero attached hydrogens (tertiary/aromatic N) is 2. The van der Waals surface area contributed by atoms with Crippen LogP contribution < -0.4 is 5.32 Å². The molecule has 0 atom stereocenters. The summed E-state index contributed by atoms with van der Waals surface area (Å²) in [6, 6.07) is 1.80. The normalized spacial score (nSPS) is 16.7. The van der Waals surface area contributed by atoms with Crippen LogP contribution in [0, 0.1) is 0 Å². The molecule has 72 valence electrons. The Balaban J connectivity index is 2.50. The molecule has 0 unspecified atom stereocenters. The van der Waals surface area contributed by atoms with Gasteiger partial charge in [-0.15, -0.1) is 0 Å². The van der Waals surface area contributed by atoms with Crippen LogP contribution in [0.4, 0.5) is 5.69 Å². The van der Waals surface area contributed by atoms with Gasteiger partial charge in [0, 0.05) is 38.3 Å². The Morgan fingerprint density at radius 1 is 1.50 bits per heavy atom. The number of pyridine rings is 1. The lowest BCUT2D eigenvalue weighted by Crippen LogP contribution is -2.08. The third-order valence-electron chi connectivity index (χ3n) is 1.99. The van der Waals surface area contributed by atoms with Crippen LogP contribution in [0.1, 0.15) is 5.56 Å². The van der Waals surface area contributed by atoms with Crippen molar-refractivity contribution in [2.45, 2.75) is 0 Å². The molecule has 0 radical (unpaired) electrons. The predicted molar refractivity (Wildman–Crippen MR) is 54.5 cm³/mol. The van der Waals surface area contributed by atoms with Gasteiger partial charge in [0.05, 0.1) is 11.3 Å². The van der Waals surface area contributed by atoms with E-state index in [2.05, 4.69) is 10.3 Å². The molecule has 1 amide bonds. The average Bonchev–Trinajstić information content (AvgIpc) is 2.43. The van der Waals surface area contributed by atoms with E-state index in [0.717, 1.165) is 11.3 Å². The van der Waals surface area contributed by atoms with E-state index in [0.29, 0.717) is 5.57 Å². The van der Waals surface area contributed by atoms with E-state index in [4.69, 9.17) is 0 Å². The van der Waals surface area contributed by atoms with Crippen LogP contribution >= 0.6 is 0 Å². The Morgan fingerprint density at radius 2 is 2.29 bits per heavy atom. The largest absolute Gasteiger partial charge is 0.383 e. The van der Waals surface area contributed by atoms with Crippen molar-refractivity contribution < 1.29 is 4.79 Å². The molecule has 1 N–H and O–H groups in total. The van der Waals surface area contributed by atoms with Gasteiger partial charge >= 0.3 is 0 Å². The molecule has 1 aromatic rings. The molecule has 2 heterocycles. The van der Waals surface area contributed by atoms with Crippen molar-refractivity contribution in [3.63, 3.8) is 0 Å². The maximum Gasteiger partial charge on any atom is 0.257 e. The summed E-state index contributed by atoms with van der Waals surface area (Å²) in [5, 5.41) is 2.78. The number of hydrogen-bond donors (Lipinski definition) is 1. The topological polar surface area (TPSA) is 45.2 Å². The summed E-state index contributed by atoms with van der Waals surface area (Å²) < 4.78 is 0. The number of hydrogen-bond acceptors (Lipinski definition) is 3. The van der Waals surface area contributed by atoms with Gasteiger partial charge in [-0.1, -0.05) is 0 Å². The molecular formula is C10H11N3O. The number of rotatable bonds is 1. The number of carbonyl (C=O) groups excluding carboxylic acids is 1. The molecule has 14 heavy (non-hydrogen) atoms. The monoisotopic (exact) mass is 189 g/mol. The van der Waals surface area contributed by atoms with Gasteiger partial charge in [0.1, 0.15) is 0 Å². The molecule has 1 aliphatic rings. The van der Waals surface area contributed by atoms with Crippen LogP contribution in [0.3, 0.4) is 0 Å². The van der Waals surface area contributed by atoms with Gasteiger partial charge in [-0.3, -0.25) is 9.78 Å². The molecular weight excluding hydrogens is 178 g/mol. The lowest BCUT2D eigenvalue weighted by molar-refractivity contribution is -0.110. The first-order chi connectivity index (χ1) is 6.68. The van der Waals surface area contributed by atoms with E-state index in [1.807, 2.05) is 19.0 Å². The van der Waals surface area contributed by atoms with Crippen molar-refractivity contribution >= 4 is 17.2 Å². The summed E-state index contributed by atoms with van der Waals surface area (Å²) >= 11 is 0. The summed E-state index contributed by atoms with van der Waals surface area (Å²) in [5.74, 6) is -0.0679.